The third-order valence-electron chi connectivity index (χ3n) is 0.606. The van der Waals surface area contributed by atoms with Crippen LogP contribution in [0.3, 0.4) is 0 Å². The summed E-state index contributed by atoms with van der Waals surface area (Å²) in [5.74, 6) is -0.233. The molecule has 0 aromatic carbocycles. The molecule has 0 aromatic heterocycles. The van der Waals surface area contributed by atoms with Crippen molar-refractivity contribution in [2.45, 2.75) is 6.42 Å². The van der Waals surface area contributed by atoms with Gasteiger partial charge in [-0.15, -0.1) is 0 Å². The zero-order valence-corrected chi connectivity index (χ0v) is 9.37. The van der Waals surface area contributed by atoms with Crippen molar-refractivity contribution < 1.29 is 15.8 Å². The van der Waals surface area contributed by atoms with Gasteiger partial charge in [-0.25, -0.2) is 0 Å². The Morgan fingerprint density at radius 1 is 1.56 bits per heavy atom. The summed E-state index contributed by atoms with van der Waals surface area (Å²) in [7, 11) is -3.77. The van der Waals surface area contributed by atoms with Gasteiger partial charge in [0.25, 0.3) is 10.1 Å². The van der Waals surface area contributed by atoms with Gasteiger partial charge in [-0.1, -0.05) is 0 Å². The van der Waals surface area contributed by atoms with Crippen molar-refractivity contribution >= 4 is 55.6 Å². The predicted molar refractivity (Wildman–Crippen MR) is 38.1 cm³/mol. The maximum Gasteiger partial charge on any atom is 2.00 e. The molecule has 4 nitrogen and oxygen atoms in total. The number of hydrogen-bond acceptors (Lipinski definition) is 3. The van der Waals surface area contributed by atoms with Crippen molar-refractivity contribution in [2.24, 2.45) is 5.73 Å². The van der Waals surface area contributed by atoms with Gasteiger partial charge in [0, 0.05) is 0 Å². The van der Waals surface area contributed by atoms with Gasteiger partial charge in [0.15, 0.2) is 0 Å². The van der Waals surface area contributed by atoms with Crippen LogP contribution in [0.15, 0.2) is 0 Å². The normalized spacial score (nSPS) is 10.4. The van der Waals surface area contributed by atoms with E-state index in [4.69, 9.17) is 10.3 Å². The first kappa shape index (κ1) is 13.0. The summed E-state index contributed by atoms with van der Waals surface area (Å²) in [6.07, 6.45) is 0.318. The second-order valence-corrected chi connectivity index (χ2v) is 3.00. The molecule has 0 unspecified atom stereocenters. The molecule has 54 valence electrons. The molecule has 0 saturated heterocycles. The van der Waals surface area contributed by atoms with Crippen LogP contribution < -0.4 is 5.73 Å². The van der Waals surface area contributed by atoms with Gasteiger partial charge in [-0.3, -0.25) is 4.55 Å². The molecule has 0 amide bonds. The number of rotatable bonds is 3. The standard InChI is InChI=1S/C3H9NO3S.Sr.2H/c4-2-1-3-8(5,6)7;;;/h1-4H2,(H,5,6,7);;;/q;+2;2*-1. The second kappa shape index (κ2) is 6.09. The molecule has 0 atom stereocenters. The minimum atomic E-state index is -3.77. The average molecular weight is 229 g/mol. The quantitative estimate of drug-likeness (QED) is 0.483. The van der Waals surface area contributed by atoms with Crippen molar-refractivity contribution in [3.8, 4) is 0 Å². The maximum absolute atomic E-state index is 9.89. The molecule has 0 aliphatic carbocycles. The molecule has 0 saturated carbocycles. The molecular formula is C3H11NO3SSr. The molecule has 0 rings (SSSR count). The van der Waals surface area contributed by atoms with E-state index in [0.717, 1.165) is 0 Å². The van der Waals surface area contributed by atoms with E-state index < -0.39 is 10.1 Å². The minimum Gasteiger partial charge on any atom is -1.00 e. The Morgan fingerprint density at radius 2 is 2.00 bits per heavy atom. The fraction of sp³-hybridized carbons (Fsp3) is 1.00. The molecule has 0 bridgehead atoms. The smallest absolute Gasteiger partial charge is 1.00 e. The van der Waals surface area contributed by atoms with Gasteiger partial charge >= 0.3 is 45.5 Å². The molecule has 0 radical (unpaired) electrons. The second-order valence-electron chi connectivity index (χ2n) is 1.43. The SMILES string of the molecule is NCCCS(=O)(=O)O.[H-].[H-].[Sr+2]. The van der Waals surface area contributed by atoms with E-state index >= 15 is 0 Å². The van der Waals surface area contributed by atoms with Gasteiger partial charge in [0.2, 0.25) is 0 Å². The van der Waals surface area contributed by atoms with Gasteiger partial charge in [0.1, 0.15) is 0 Å². The van der Waals surface area contributed by atoms with Crippen LogP contribution in [0, 0.1) is 0 Å². The molecule has 0 heterocycles. The summed E-state index contributed by atoms with van der Waals surface area (Å²) >= 11 is 0. The van der Waals surface area contributed by atoms with Crippen LogP contribution >= 0.6 is 0 Å². The van der Waals surface area contributed by atoms with Gasteiger partial charge in [-0.2, -0.15) is 8.42 Å². The third-order valence-corrected chi connectivity index (χ3v) is 1.41. The Morgan fingerprint density at radius 3 is 2.11 bits per heavy atom. The van der Waals surface area contributed by atoms with E-state index in [1.807, 2.05) is 0 Å². The van der Waals surface area contributed by atoms with Crippen LogP contribution in [-0.4, -0.2) is 70.7 Å². The fourth-order valence-corrected chi connectivity index (χ4v) is 0.797. The molecule has 9 heavy (non-hydrogen) atoms. The van der Waals surface area contributed by atoms with E-state index in [1.165, 1.54) is 0 Å². The average Bonchev–Trinajstić information content (AvgIpc) is 1.59. The first-order valence-corrected chi connectivity index (χ1v) is 3.82. The molecule has 0 aromatic rings. The van der Waals surface area contributed by atoms with E-state index in [2.05, 4.69) is 0 Å². The maximum atomic E-state index is 9.89. The van der Waals surface area contributed by atoms with Crippen molar-refractivity contribution in [1.82, 2.24) is 0 Å². The van der Waals surface area contributed by atoms with Crippen LogP contribution in [0.4, 0.5) is 0 Å². The third kappa shape index (κ3) is 12.5. The van der Waals surface area contributed by atoms with Crippen LogP contribution in [0.2, 0.25) is 0 Å². The fourth-order valence-electron chi connectivity index (χ4n) is 0.266. The molecule has 6 heteroatoms. The first-order valence-electron chi connectivity index (χ1n) is 2.21. The van der Waals surface area contributed by atoms with Crippen LogP contribution in [0.5, 0.6) is 0 Å². The first-order chi connectivity index (χ1) is 3.56. The summed E-state index contributed by atoms with van der Waals surface area (Å²) in [5.41, 5.74) is 4.96. The van der Waals surface area contributed by atoms with Gasteiger partial charge in [0.05, 0.1) is 5.75 Å². The Labute approximate surface area is 94.8 Å². The van der Waals surface area contributed by atoms with E-state index in [-0.39, 0.29) is 54.1 Å². The number of hydrogen-bond donors (Lipinski definition) is 2. The van der Waals surface area contributed by atoms with Crippen LogP contribution in [0.25, 0.3) is 0 Å². The van der Waals surface area contributed by atoms with Gasteiger partial charge < -0.3 is 8.59 Å². The number of nitrogens with two attached hydrogens (primary N) is 1. The van der Waals surface area contributed by atoms with E-state index in [9.17, 15) is 8.42 Å². The van der Waals surface area contributed by atoms with E-state index in [1.54, 1.807) is 0 Å². The molecule has 0 fully saturated rings. The van der Waals surface area contributed by atoms with Crippen LogP contribution in [-0.2, 0) is 10.1 Å². The molecule has 0 aliphatic heterocycles. The summed E-state index contributed by atoms with van der Waals surface area (Å²) < 4.78 is 27.8. The van der Waals surface area contributed by atoms with Crippen molar-refractivity contribution in [3.63, 3.8) is 0 Å². The monoisotopic (exact) mass is 229 g/mol. The Kier molecular flexibility index (Phi) is 8.78. The van der Waals surface area contributed by atoms with E-state index in [0.29, 0.717) is 13.0 Å². The summed E-state index contributed by atoms with van der Waals surface area (Å²) in [4.78, 5) is 0. The molecule has 0 aliphatic rings. The summed E-state index contributed by atoms with van der Waals surface area (Å²) in [6.45, 7) is 0.291. The summed E-state index contributed by atoms with van der Waals surface area (Å²) in [6, 6.07) is 0. The largest absolute Gasteiger partial charge is 2.00 e. The zero-order valence-electron chi connectivity index (χ0n) is 7.08. The Balaban J connectivity index is -0.0000000817. The Bertz CT molecular complexity index is 151. The van der Waals surface area contributed by atoms with Crippen LogP contribution in [0.1, 0.15) is 9.27 Å². The van der Waals surface area contributed by atoms with Crippen molar-refractivity contribution in [1.29, 1.82) is 0 Å². The minimum absolute atomic E-state index is 0. The molecular weight excluding hydrogens is 218 g/mol. The van der Waals surface area contributed by atoms with Crippen molar-refractivity contribution in [3.05, 3.63) is 0 Å². The Hall–Kier alpha value is 1.35. The summed E-state index contributed by atoms with van der Waals surface area (Å²) in [5, 5.41) is 0. The topological polar surface area (TPSA) is 80.4 Å². The zero-order chi connectivity index (χ0) is 6.62. The van der Waals surface area contributed by atoms with Gasteiger partial charge in [-0.05, 0) is 13.0 Å². The molecule has 3 N–H and O–H groups in total. The van der Waals surface area contributed by atoms with Crippen molar-refractivity contribution in [2.75, 3.05) is 12.3 Å². The molecule has 0 spiro atoms. The predicted octanol–water partition coefficient (Wildman–Crippen LogP) is -0.933.